The molecular formula is C12H8Cl4N2. The molecule has 94 valence electrons. The minimum atomic E-state index is 0.274. The second-order valence-corrected chi connectivity index (χ2v) is 5.20. The topological polar surface area (TPSA) is 38.9 Å². The van der Waals surface area contributed by atoms with Crippen molar-refractivity contribution >= 4 is 46.4 Å². The zero-order valence-electron chi connectivity index (χ0n) is 9.05. The zero-order chi connectivity index (χ0) is 13.3. The van der Waals surface area contributed by atoms with E-state index in [0.29, 0.717) is 27.2 Å². The molecule has 0 aliphatic carbocycles. The molecule has 0 unspecified atom stereocenters. The SMILES string of the molecule is NCc1cncc(-c2c(Cl)cc(Cl)c(Cl)c2Cl)c1. The lowest BCUT2D eigenvalue weighted by atomic mass is 10.1. The monoisotopic (exact) mass is 320 g/mol. The van der Waals surface area contributed by atoms with Crippen LogP contribution in [0.5, 0.6) is 0 Å². The molecule has 2 nitrogen and oxygen atoms in total. The van der Waals surface area contributed by atoms with E-state index in [-0.39, 0.29) is 5.02 Å². The molecule has 0 saturated heterocycles. The summed E-state index contributed by atoms with van der Waals surface area (Å²) in [5, 5.41) is 1.32. The molecule has 0 fully saturated rings. The second-order valence-electron chi connectivity index (χ2n) is 3.63. The molecule has 18 heavy (non-hydrogen) atoms. The molecule has 2 aromatic rings. The van der Waals surface area contributed by atoms with Gasteiger partial charge in [0.15, 0.2) is 0 Å². The molecule has 1 heterocycles. The van der Waals surface area contributed by atoms with Crippen LogP contribution in [0, 0.1) is 0 Å². The van der Waals surface area contributed by atoms with Crippen LogP contribution >= 0.6 is 46.4 Å². The largest absolute Gasteiger partial charge is 0.326 e. The normalized spacial score (nSPS) is 10.7. The summed E-state index contributed by atoms with van der Waals surface area (Å²) in [6.07, 6.45) is 3.33. The Hall–Kier alpha value is -0.510. The molecule has 0 aliphatic rings. The summed E-state index contributed by atoms with van der Waals surface area (Å²) >= 11 is 24.2. The number of nitrogens with zero attached hydrogens (tertiary/aromatic N) is 1. The molecular weight excluding hydrogens is 314 g/mol. The summed E-state index contributed by atoms with van der Waals surface area (Å²) in [5.74, 6) is 0. The van der Waals surface area contributed by atoms with E-state index in [1.54, 1.807) is 18.5 Å². The number of rotatable bonds is 2. The Morgan fingerprint density at radius 2 is 1.67 bits per heavy atom. The van der Waals surface area contributed by atoms with Crippen molar-refractivity contribution in [1.82, 2.24) is 4.98 Å². The third-order valence-electron chi connectivity index (χ3n) is 2.43. The molecule has 0 amide bonds. The van der Waals surface area contributed by atoms with E-state index in [0.717, 1.165) is 11.1 Å². The van der Waals surface area contributed by atoms with Crippen LogP contribution < -0.4 is 5.73 Å². The third-order valence-corrected chi connectivity index (χ3v) is 3.99. The fourth-order valence-electron chi connectivity index (χ4n) is 1.57. The van der Waals surface area contributed by atoms with Crippen LogP contribution in [0.2, 0.25) is 20.1 Å². The highest BCUT2D eigenvalue weighted by atomic mass is 35.5. The van der Waals surface area contributed by atoms with Crippen LogP contribution in [0.15, 0.2) is 24.5 Å². The summed E-state index contributed by atoms with van der Waals surface area (Å²) in [6.45, 7) is 0.386. The van der Waals surface area contributed by atoms with Crippen LogP contribution in [-0.4, -0.2) is 4.98 Å². The van der Waals surface area contributed by atoms with Gasteiger partial charge in [0.2, 0.25) is 0 Å². The molecule has 0 radical (unpaired) electrons. The maximum absolute atomic E-state index is 6.17. The van der Waals surface area contributed by atoms with Gasteiger partial charge in [-0.15, -0.1) is 0 Å². The van der Waals surface area contributed by atoms with Gasteiger partial charge < -0.3 is 5.73 Å². The van der Waals surface area contributed by atoms with Gasteiger partial charge in [0.25, 0.3) is 0 Å². The predicted octanol–water partition coefficient (Wildman–Crippen LogP) is 4.82. The number of aromatic nitrogens is 1. The summed E-state index contributed by atoms with van der Waals surface area (Å²) in [4.78, 5) is 4.09. The van der Waals surface area contributed by atoms with Gasteiger partial charge in [-0.1, -0.05) is 46.4 Å². The summed E-state index contributed by atoms with van der Waals surface area (Å²) < 4.78 is 0. The van der Waals surface area contributed by atoms with Crippen molar-refractivity contribution in [2.45, 2.75) is 6.54 Å². The Labute approximate surface area is 125 Å². The van der Waals surface area contributed by atoms with Crippen LogP contribution in [0.4, 0.5) is 0 Å². The van der Waals surface area contributed by atoms with E-state index in [1.165, 1.54) is 0 Å². The minimum Gasteiger partial charge on any atom is -0.326 e. The van der Waals surface area contributed by atoms with E-state index in [2.05, 4.69) is 4.98 Å². The average molecular weight is 322 g/mol. The molecule has 1 aromatic carbocycles. The van der Waals surface area contributed by atoms with Gasteiger partial charge in [-0.25, -0.2) is 0 Å². The number of pyridine rings is 1. The lowest BCUT2D eigenvalue weighted by Crippen LogP contribution is -1.97. The van der Waals surface area contributed by atoms with Crippen molar-refractivity contribution in [3.63, 3.8) is 0 Å². The van der Waals surface area contributed by atoms with Crippen LogP contribution in [0.25, 0.3) is 11.1 Å². The molecule has 1 aromatic heterocycles. The first kappa shape index (κ1) is 13.9. The maximum atomic E-state index is 6.17. The molecule has 0 saturated carbocycles. The summed E-state index contributed by atoms with van der Waals surface area (Å²) in [5.41, 5.74) is 7.82. The van der Waals surface area contributed by atoms with Gasteiger partial charge in [-0.2, -0.15) is 0 Å². The Bertz CT molecular complexity index is 599. The van der Waals surface area contributed by atoms with Crippen molar-refractivity contribution < 1.29 is 0 Å². The smallest absolute Gasteiger partial charge is 0.0785 e. The number of hydrogen-bond acceptors (Lipinski definition) is 2. The molecule has 2 rings (SSSR count). The minimum absolute atomic E-state index is 0.274. The summed E-state index contributed by atoms with van der Waals surface area (Å²) in [6, 6.07) is 3.42. The number of benzene rings is 1. The number of hydrogen-bond donors (Lipinski definition) is 1. The van der Waals surface area contributed by atoms with Crippen molar-refractivity contribution in [3.05, 3.63) is 50.2 Å². The third kappa shape index (κ3) is 2.58. The Kier molecular flexibility index (Phi) is 4.36. The Morgan fingerprint density at radius 3 is 2.33 bits per heavy atom. The molecule has 0 atom stereocenters. The predicted molar refractivity (Wildman–Crippen MR) is 77.6 cm³/mol. The molecule has 0 spiro atoms. The summed E-state index contributed by atoms with van der Waals surface area (Å²) in [7, 11) is 0. The van der Waals surface area contributed by atoms with Crippen molar-refractivity contribution in [2.24, 2.45) is 5.73 Å². The van der Waals surface area contributed by atoms with E-state index in [1.807, 2.05) is 6.07 Å². The van der Waals surface area contributed by atoms with E-state index in [9.17, 15) is 0 Å². The van der Waals surface area contributed by atoms with Gasteiger partial charge in [0.05, 0.1) is 20.1 Å². The van der Waals surface area contributed by atoms with Gasteiger partial charge >= 0.3 is 0 Å². The van der Waals surface area contributed by atoms with E-state index in [4.69, 9.17) is 52.1 Å². The van der Waals surface area contributed by atoms with Crippen LogP contribution in [0.1, 0.15) is 5.56 Å². The lowest BCUT2D eigenvalue weighted by Gasteiger charge is -2.10. The highest BCUT2D eigenvalue weighted by Gasteiger charge is 2.15. The first-order valence-electron chi connectivity index (χ1n) is 5.02. The second kappa shape index (κ2) is 5.64. The Balaban J connectivity index is 2.67. The molecule has 0 bridgehead atoms. The quantitative estimate of drug-likeness (QED) is 0.636. The lowest BCUT2D eigenvalue weighted by molar-refractivity contribution is 1.05. The van der Waals surface area contributed by atoms with Crippen LogP contribution in [0.3, 0.4) is 0 Å². The highest BCUT2D eigenvalue weighted by Crippen LogP contribution is 2.42. The highest BCUT2D eigenvalue weighted by molar-refractivity contribution is 6.51. The standard InChI is InChI=1S/C12H8Cl4N2/c13-8-2-9(14)11(15)12(16)10(8)7-1-6(3-17)4-18-5-7/h1-2,4-5H,3,17H2. The van der Waals surface area contributed by atoms with Gasteiger partial charge in [0, 0.05) is 30.1 Å². The molecule has 6 heteroatoms. The van der Waals surface area contributed by atoms with Crippen LogP contribution in [-0.2, 0) is 6.54 Å². The molecule has 2 N–H and O–H groups in total. The maximum Gasteiger partial charge on any atom is 0.0785 e. The fraction of sp³-hybridized carbons (Fsp3) is 0.0833. The van der Waals surface area contributed by atoms with E-state index < -0.39 is 0 Å². The first-order valence-corrected chi connectivity index (χ1v) is 6.53. The first-order chi connectivity index (χ1) is 8.54. The molecule has 0 aliphatic heterocycles. The zero-order valence-corrected chi connectivity index (χ0v) is 12.1. The van der Waals surface area contributed by atoms with Gasteiger partial charge in [-0.05, 0) is 17.7 Å². The van der Waals surface area contributed by atoms with Crippen molar-refractivity contribution in [1.29, 1.82) is 0 Å². The fourth-order valence-corrected chi connectivity index (χ4v) is 2.70. The van der Waals surface area contributed by atoms with Crippen molar-refractivity contribution in [3.8, 4) is 11.1 Å². The number of nitrogens with two attached hydrogens (primary N) is 1. The average Bonchev–Trinajstić information content (AvgIpc) is 2.36. The van der Waals surface area contributed by atoms with E-state index >= 15 is 0 Å². The van der Waals surface area contributed by atoms with Gasteiger partial charge in [-0.3, -0.25) is 4.98 Å². The van der Waals surface area contributed by atoms with Gasteiger partial charge in [0.1, 0.15) is 0 Å². The Morgan fingerprint density at radius 1 is 0.944 bits per heavy atom. The number of halogens is 4. The van der Waals surface area contributed by atoms with Crippen molar-refractivity contribution in [2.75, 3.05) is 0 Å².